The lowest BCUT2D eigenvalue weighted by atomic mass is 10.2. The van der Waals surface area contributed by atoms with Gasteiger partial charge in [-0.15, -0.1) is 0 Å². The fraction of sp³-hybridized carbons (Fsp3) is 0.0952. The van der Waals surface area contributed by atoms with Crippen molar-refractivity contribution in [2.75, 3.05) is 17.7 Å². The molecule has 0 bridgehead atoms. The van der Waals surface area contributed by atoms with Crippen molar-refractivity contribution in [3.63, 3.8) is 0 Å². The fourth-order valence-electron chi connectivity index (χ4n) is 2.51. The number of nitrogens with zero attached hydrogens (tertiary/aromatic N) is 1. The van der Waals surface area contributed by atoms with Crippen molar-refractivity contribution in [3.8, 4) is 0 Å². The average molecular weight is 361 g/mol. The number of nitrogens with one attached hydrogen (secondary N) is 2. The molecule has 6 nitrogen and oxygen atoms in total. The standard InChI is InChI=1S/C21H19N3O3/c1-14-5-3-4-6-19(14)23-18-11-16(12-22-13-18)20(25)24-17-9-7-15(8-10-17)21(26)27-2/h3-13,23H,1-2H3,(H,24,25). The van der Waals surface area contributed by atoms with Gasteiger partial charge in [0.25, 0.3) is 5.91 Å². The number of pyridine rings is 1. The van der Waals surface area contributed by atoms with Gasteiger partial charge in [0.05, 0.1) is 30.1 Å². The van der Waals surface area contributed by atoms with E-state index in [2.05, 4.69) is 20.4 Å². The number of amides is 1. The molecule has 2 N–H and O–H groups in total. The van der Waals surface area contributed by atoms with Crippen molar-refractivity contribution < 1.29 is 14.3 Å². The van der Waals surface area contributed by atoms with Gasteiger partial charge < -0.3 is 15.4 Å². The minimum Gasteiger partial charge on any atom is -0.465 e. The van der Waals surface area contributed by atoms with Gasteiger partial charge in [-0.05, 0) is 48.9 Å². The third kappa shape index (κ3) is 4.49. The molecule has 0 aliphatic carbocycles. The third-order valence-corrected chi connectivity index (χ3v) is 3.99. The summed E-state index contributed by atoms with van der Waals surface area (Å²) in [5, 5.41) is 6.05. The SMILES string of the molecule is COC(=O)c1ccc(NC(=O)c2cncc(Nc3ccccc3C)c2)cc1. The molecule has 0 unspecified atom stereocenters. The van der Waals surface area contributed by atoms with Gasteiger partial charge in [-0.1, -0.05) is 18.2 Å². The predicted octanol–water partition coefficient (Wildman–Crippen LogP) is 4.17. The van der Waals surface area contributed by atoms with Crippen molar-refractivity contribution in [2.24, 2.45) is 0 Å². The number of para-hydroxylation sites is 1. The molecule has 2 aromatic carbocycles. The Balaban J connectivity index is 1.72. The highest BCUT2D eigenvalue weighted by Gasteiger charge is 2.10. The summed E-state index contributed by atoms with van der Waals surface area (Å²) in [7, 11) is 1.32. The number of rotatable bonds is 5. The first-order valence-corrected chi connectivity index (χ1v) is 8.34. The molecule has 0 saturated heterocycles. The molecule has 1 heterocycles. The molecular formula is C21H19N3O3. The van der Waals surface area contributed by atoms with Crippen molar-refractivity contribution in [1.82, 2.24) is 4.98 Å². The normalized spacial score (nSPS) is 10.1. The fourth-order valence-corrected chi connectivity index (χ4v) is 2.51. The molecule has 0 aliphatic rings. The number of hydrogen-bond acceptors (Lipinski definition) is 5. The topological polar surface area (TPSA) is 80.3 Å². The quantitative estimate of drug-likeness (QED) is 0.667. The average Bonchev–Trinajstić information content (AvgIpc) is 2.70. The van der Waals surface area contributed by atoms with Crippen LogP contribution in [0.1, 0.15) is 26.3 Å². The number of aryl methyl sites for hydroxylation is 1. The Morgan fingerprint density at radius 2 is 1.67 bits per heavy atom. The number of methoxy groups -OCH3 is 1. The van der Waals surface area contributed by atoms with Gasteiger partial charge in [0.2, 0.25) is 0 Å². The minimum atomic E-state index is -0.424. The van der Waals surface area contributed by atoms with E-state index in [0.717, 1.165) is 16.9 Å². The van der Waals surface area contributed by atoms with Crippen LogP contribution in [-0.4, -0.2) is 24.0 Å². The summed E-state index contributed by atoms with van der Waals surface area (Å²) in [5.74, 6) is -0.714. The summed E-state index contributed by atoms with van der Waals surface area (Å²) in [6, 6.07) is 16.1. The van der Waals surface area contributed by atoms with Gasteiger partial charge in [0.1, 0.15) is 0 Å². The van der Waals surface area contributed by atoms with Crippen molar-refractivity contribution in [1.29, 1.82) is 0 Å². The summed E-state index contributed by atoms with van der Waals surface area (Å²) < 4.78 is 4.66. The van der Waals surface area contributed by atoms with Gasteiger partial charge in [-0.2, -0.15) is 0 Å². The maximum atomic E-state index is 12.5. The zero-order valence-corrected chi connectivity index (χ0v) is 15.0. The van der Waals surface area contributed by atoms with E-state index in [1.54, 1.807) is 36.5 Å². The number of carbonyl (C=O) groups is 2. The molecular weight excluding hydrogens is 342 g/mol. The minimum absolute atomic E-state index is 0.290. The highest BCUT2D eigenvalue weighted by atomic mass is 16.5. The summed E-state index contributed by atoms with van der Waals surface area (Å²) in [6.07, 6.45) is 3.16. The predicted molar refractivity (Wildman–Crippen MR) is 104 cm³/mol. The summed E-state index contributed by atoms with van der Waals surface area (Å²) in [4.78, 5) is 28.1. The maximum absolute atomic E-state index is 12.5. The lowest BCUT2D eigenvalue weighted by Crippen LogP contribution is -2.12. The van der Waals surface area contributed by atoms with Gasteiger partial charge in [0.15, 0.2) is 0 Å². The van der Waals surface area contributed by atoms with E-state index in [1.165, 1.54) is 13.3 Å². The van der Waals surface area contributed by atoms with Gasteiger partial charge in [0, 0.05) is 17.6 Å². The number of hydrogen-bond donors (Lipinski definition) is 2. The highest BCUT2D eigenvalue weighted by Crippen LogP contribution is 2.20. The summed E-state index contributed by atoms with van der Waals surface area (Å²) in [6.45, 7) is 2.00. The number of benzene rings is 2. The van der Waals surface area contributed by atoms with E-state index >= 15 is 0 Å². The molecule has 0 saturated carbocycles. The Labute approximate surface area is 157 Å². The van der Waals surface area contributed by atoms with Crippen molar-refractivity contribution in [2.45, 2.75) is 6.92 Å². The molecule has 1 aromatic heterocycles. The second-order valence-electron chi connectivity index (χ2n) is 5.93. The zero-order chi connectivity index (χ0) is 19.2. The first kappa shape index (κ1) is 18.1. The van der Waals surface area contributed by atoms with Crippen LogP contribution in [0.5, 0.6) is 0 Å². The molecule has 1 amide bonds. The monoisotopic (exact) mass is 361 g/mol. The lowest BCUT2D eigenvalue weighted by Gasteiger charge is -2.10. The molecule has 27 heavy (non-hydrogen) atoms. The molecule has 0 aliphatic heterocycles. The molecule has 6 heteroatoms. The molecule has 0 fully saturated rings. The van der Waals surface area contributed by atoms with Gasteiger partial charge >= 0.3 is 5.97 Å². The van der Waals surface area contributed by atoms with Gasteiger partial charge in [-0.3, -0.25) is 9.78 Å². The molecule has 0 spiro atoms. The maximum Gasteiger partial charge on any atom is 0.337 e. The van der Waals surface area contributed by atoms with E-state index in [-0.39, 0.29) is 5.91 Å². The van der Waals surface area contributed by atoms with Crippen LogP contribution < -0.4 is 10.6 Å². The van der Waals surface area contributed by atoms with Crippen LogP contribution >= 0.6 is 0 Å². The molecule has 136 valence electrons. The summed E-state index contributed by atoms with van der Waals surface area (Å²) >= 11 is 0. The number of ether oxygens (including phenoxy) is 1. The second-order valence-corrected chi connectivity index (χ2v) is 5.93. The van der Waals surface area contributed by atoms with Crippen LogP contribution in [0.15, 0.2) is 67.0 Å². The van der Waals surface area contributed by atoms with Gasteiger partial charge in [-0.25, -0.2) is 4.79 Å². The summed E-state index contributed by atoms with van der Waals surface area (Å²) in [5.41, 5.74) is 4.18. The second kappa shape index (κ2) is 8.14. The number of aromatic nitrogens is 1. The first-order chi connectivity index (χ1) is 13.1. The lowest BCUT2D eigenvalue weighted by molar-refractivity contribution is 0.0600. The Bertz CT molecular complexity index is 968. The van der Waals surface area contributed by atoms with Crippen LogP contribution in [0.2, 0.25) is 0 Å². The molecule has 3 rings (SSSR count). The number of carbonyl (C=O) groups excluding carboxylic acids is 2. The van der Waals surface area contributed by atoms with E-state index in [0.29, 0.717) is 16.8 Å². The van der Waals surface area contributed by atoms with Crippen LogP contribution in [0.3, 0.4) is 0 Å². The van der Waals surface area contributed by atoms with Crippen molar-refractivity contribution >= 4 is 28.9 Å². The Morgan fingerprint density at radius 3 is 2.37 bits per heavy atom. The molecule has 0 radical (unpaired) electrons. The third-order valence-electron chi connectivity index (χ3n) is 3.99. The Morgan fingerprint density at radius 1 is 0.926 bits per heavy atom. The van der Waals surface area contributed by atoms with Crippen molar-refractivity contribution in [3.05, 3.63) is 83.7 Å². The Hall–Kier alpha value is -3.67. The van der Waals surface area contributed by atoms with E-state index in [4.69, 9.17) is 0 Å². The molecule has 0 atom stereocenters. The number of esters is 1. The first-order valence-electron chi connectivity index (χ1n) is 8.34. The van der Waals surface area contributed by atoms with Crippen LogP contribution in [0.25, 0.3) is 0 Å². The molecule has 3 aromatic rings. The smallest absolute Gasteiger partial charge is 0.337 e. The Kier molecular flexibility index (Phi) is 5.47. The van der Waals surface area contributed by atoms with E-state index < -0.39 is 5.97 Å². The number of anilines is 3. The van der Waals surface area contributed by atoms with E-state index in [1.807, 2.05) is 31.2 Å². The van der Waals surface area contributed by atoms with Crippen LogP contribution in [0.4, 0.5) is 17.1 Å². The largest absolute Gasteiger partial charge is 0.465 e. The highest BCUT2D eigenvalue weighted by molar-refractivity contribution is 6.04. The van der Waals surface area contributed by atoms with Crippen LogP contribution in [-0.2, 0) is 4.74 Å². The zero-order valence-electron chi connectivity index (χ0n) is 15.0. The van der Waals surface area contributed by atoms with Crippen LogP contribution in [0, 0.1) is 6.92 Å². The van der Waals surface area contributed by atoms with E-state index in [9.17, 15) is 9.59 Å².